The van der Waals surface area contributed by atoms with Crippen molar-refractivity contribution in [2.24, 2.45) is 0 Å². The number of carbonyl (C=O) groups excluding carboxylic acids is 1. The summed E-state index contributed by atoms with van der Waals surface area (Å²) >= 11 is 0. The third-order valence-corrected chi connectivity index (χ3v) is 7.51. The third-order valence-electron chi connectivity index (χ3n) is 6.39. The van der Waals surface area contributed by atoms with Crippen LogP contribution < -0.4 is 14.4 Å². The van der Waals surface area contributed by atoms with Crippen LogP contribution in [-0.2, 0) is 14.8 Å². The molecule has 1 N–H and O–H groups in total. The van der Waals surface area contributed by atoms with Gasteiger partial charge in [-0.15, -0.1) is 0 Å². The number of para-hydroxylation sites is 1. The van der Waals surface area contributed by atoms with Gasteiger partial charge in [0, 0.05) is 12.0 Å². The van der Waals surface area contributed by atoms with E-state index in [4.69, 9.17) is 4.74 Å². The first-order valence-corrected chi connectivity index (χ1v) is 13.0. The maximum atomic E-state index is 13.2. The average molecular weight is 459 g/mol. The minimum absolute atomic E-state index is 0.242. The first kappa shape index (κ1) is 24.1. The number of sulfonamides is 1. The molecular formula is C25H34N2O4S. The second-order valence-electron chi connectivity index (χ2n) is 8.87. The summed E-state index contributed by atoms with van der Waals surface area (Å²) in [5.41, 5.74) is 3.84. The van der Waals surface area contributed by atoms with Crippen molar-refractivity contribution in [2.45, 2.75) is 65.5 Å². The summed E-state index contributed by atoms with van der Waals surface area (Å²) < 4.78 is 32.9. The molecule has 0 saturated carbocycles. The van der Waals surface area contributed by atoms with Gasteiger partial charge in [0.15, 0.2) is 0 Å². The highest BCUT2D eigenvalue weighted by molar-refractivity contribution is 7.92. The number of benzene rings is 2. The monoisotopic (exact) mass is 458 g/mol. The van der Waals surface area contributed by atoms with Gasteiger partial charge in [0.25, 0.3) is 0 Å². The molecule has 1 aliphatic heterocycles. The SMILES string of the molecule is CCC1(CC)C[C@@H](NC(=O)CN(c2c(C)cc(C)cc2C)S(C)(=O)=O)c2ccccc2O1. The zero-order valence-electron chi connectivity index (χ0n) is 19.9. The highest BCUT2D eigenvalue weighted by Gasteiger charge is 2.39. The molecule has 1 atom stereocenters. The Balaban J connectivity index is 1.90. The normalized spacial score (nSPS) is 17.2. The first-order valence-electron chi connectivity index (χ1n) is 11.1. The van der Waals surface area contributed by atoms with Crippen LogP contribution in [0.2, 0.25) is 0 Å². The van der Waals surface area contributed by atoms with Gasteiger partial charge in [-0.05, 0) is 50.8 Å². The van der Waals surface area contributed by atoms with E-state index in [0.717, 1.165) is 47.1 Å². The van der Waals surface area contributed by atoms with E-state index in [-0.39, 0.29) is 24.1 Å². The van der Waals surface area contributed by atoms with Crippen LogP contribution in [0.1, 0.15) is 61.4 Å². The molecule has 1 heterocycles. The van der Waals surface area contributed by atoms with Crippen molar-refractivity contribution in [3.63, 3.8) is 0 Å². The topological polar surface area (TPSA) is 75.7 Å². The molecule has 0 aliphatic carbocycles. The molecule has 0 unspecified atom stereocenters. The minimum atomic E-state index is -3.66. The predicted molar refractivity (Wildman–Crippen MR) is 129 cm³/mol. The van der Waals surface area contributed by atoms with E-state index in [1.807, 2.05) is 57.2 Å². The summed E-state index contributed by atoms with van der Waals surface area (Å²) in [6, 6.07) is 11.4. The fourth-order valence-corrected chi connectivity index (χ4v) is 5.70. The van der Waals surface area contributed by atoms with Gasteiger partial charge in [0.2, 0.25) is 15.9 Å². The van der Waals surface area contributed by atoms with E-state index >= 15 is 0 Å². The molecule has 3 rings (SSSR count). The average Bonchev–Trinajstić information content (AvgIpc) is 2.71. The number of carbonyl (C=O) groups is 1. The van der Waals surface area contributed by atoms with Gasteiger partial charge in [-0.1, -0.05) is 49.7 Å². The van der Waals surface area contributed by atoms with Crippen molar-refractivity contribution in [1.82, 2.24) is 5.32 Å². The van der Waals surface area contributed by atoms with Gasteiger partial charge in [0.05, 0.1) is 18.0 Å². The molecular weight excluding hydrogens is 424 g/mol. The lowest BCUT2D eigenvalue weighted by Gasteiger charge is -2.41. The Morgan fingerprint density at radius 2 is 1.72 bits per heavy atom. The Morgan fingerprint density at radius 3 is 2.28 bits per heavy atom. The van der Waals surface area contributed by atoms with Crippen LogP contribution in [0.3, 0.4) is 0 Å². The van der Waals surface area contributed by atoms with Gasteiger partial charge < -0.3 is 10.1 Å². The molecule has 32 heavy (non-hydrogen) atoms. The second kappa shape index (κ2) is 9.14. The molecule has 1 aliphatic rings. The van der Waals surface area contributed by atoms with Crippen molar-refractivity contribution in [2.75, 3.05) is 17.1 Å². The van der Waals surface area contributed by atoms with Crippen molar-refractivity contribution < 1.29 is 17.9 Å². The number of hydrogen-bond acceptors (Lipinski definition) is 4. The minimum Gasteiger partial charge on any atom is -0.487 e. The Morgan fingerprint density at radius 1 is 1.12 bits per heavy atom. The van der Waals surface area contributed by atoms with Crippen LogP contribution in [-0.4, -0.2) is 32.7 Å². The van der Waals surface area contributed by atoms with Crippen molar-refractivity contribution >= 4 is 21.6 Å². The number of rotatable bonds is 7. The largest absolute Gasteiger partial charge is 0.487 e. The van der Waals surface area contributed by atoms with Gasteiger partial charge in [0.1, 0.15) is 17.9 Å². The van der Waals surface area contributed by atoms with Crippen LogP contribution in [0.4, 0.5) is 5.69 Å². The zero-order chi connectivity index (χ0) is 23.7. The lowest BCUT2D eigenvalue weighted by atomic mass is 9.83. The summed E-state index contributed by atoms with van der Waals surface area (Å²) in [5, 5.41) is 3.10. The lowest BCUT2D eigenvalue weighted by Crippen LogP contribution is -2.47. The Kier molecular flexibility index (Phi) is 6.89. The summed E-state index contributed by atoms with van der Waals surface area (Å²) in [6.45, 7) is 9.62. The number of nitrogens with zero attached hydrogens (tertiary/aromatic N) is 1. The maximum absolute atomic E-state index is 13.2. The highest BCUT2D eigenvalue weighted by atomic mass is 32.2. The molecule has 1 amide bonds. The number of aryl methyl sites for hydroxylation is 3. The third kappa shape index (κ3) is 4.93. The molecule has 0 spiro atoms. The molecule has 2 aromatic carbocycles. The Hall–Kier alpha value is -2.54. The first-order chi connectivity index (χ1) is 15.0. The molecule has 2 aromatic rings. The molecule has 0 saturated heterocycles. The number of hydrogen-bond donors (Lipinski definition) is 1. The standard InChI is InChI=1S/C25H34N2O4S/c1-7-25(8-2)15-21(20-11-9-10-12-22(20)31-25)26-23(28)16-27(32(6,29)30)24-18(4)13-17(3)14-19(24)5/h9-14,21H,7-8,15-16H2,1-6H3,(H,26,28)/t21-/m1/s1. The van der Waals surface area contributed by atoms with Crippen LogP contribution in [0, 0.1) is 20.8 Å². The Labute approximate surface area is 192 Å². The second-order valence-corrected chi connectivity index (χ2v) is 10.8. The molecule has 0 bridgehead atoms. The van der Waals surface area contributed by atoms with E-state index < -0.39 is 10.0 Å². The Bertz CT molecular complexity index is 1080. The molecule has 0 fully saturated rings. The molecule has 6 nitrogen and oxygen atoms in total. The quantitative estimate of drug-likeness (QED) is 0.659. The number of amides is 1. The summed E-state index contributed by atoms with van der Waals surface area (Å²) in [6.07, 6.45) is 3.43. The van der Waals surface area contributed by atoms with Crippen molar-refractivity contribution in [3.05, 3.63) is 58.7 Å². The summed E-state index contributed by atoms with van der Waals surface area (Å²) in [5.74, 6) is 0.440. The van der Waals surface area contributed by atoms with Gasteiger partial charge in [-0.25, -0.2) is 8.42 Å². The van der Waals surface area contributed by atoms with Crippen LogP contribution in [0.25, 0.3) is 0 Å². The number of ether oxygens (including phenoxy) is 1. The van der Waals surface area contributed by atoms with Crippen LogP contribution in [0.15, 0.2) is 36.4 Å². The van der Waals surface area contributed by atoms with Gasteiger partial charge >= 0.3 is 0 Å². The van der Waals surface area contributed by atoms with E-state index in [1.54, 1.807) is 0 Å². The smallest absolute Gasteiger partial charge is 0.241 e. The molecule has 7 heteroatoms. The predicted octanol–water partition coefficient (Wildman–Crippen LogP) is 4.58. The van der Waals surface area contributed by atoms with Crippen molar-refractivity contribution in [3.8, 4) is 5.75 Å². The highest BCUT2D eigenvalue weighted by Crippen LogP contribution is 2.42. The van der Waals surface area contributed by atoms with Gasteiger partial charge in [-0.3, -0.25) is 9.10 Å². The van der Waals surface area contributed by atoms with Crippen LogP contribution in [0.5, 0.6) is 5.75 Å². The fraction of sp³-hybridized carbons (Fsp3) is 0.480. The number of fused-ring (bicyclic) bond motifs is 1. The van der Waals surface area contributed by atoms with E-state index in [0.29, 0.717) is 12.1 Å². The maximum Gasteiger partial charge on any atom is 0.241 e. The van der Waals surface area contributed by atoms with Gasteiger partial charge in [-0.2, -0.15) is 0 Å². The summed E-state index contributed by atoms with van der Waals surface area (Å²) in [4.78, 5) is 13.2. The zero-order valence-corrected chi connectivity index (χ0v) is 20.7. The number of anilines is 1. The van der Waals surface area contributed by atoms with E-state index in [2.05, 4.69) is 19.2 Å². The van der Waals surface area contributed by atoms with Crippen molar-refractivity contribution in [1.29, 1.82) is 0 Å². The number of nitrogens with one attached hydrogen (secondary N) is 1. The van der Waals surface area contributed by atoms with Crippen LogP contribution >= 0.6 is 0 Å². The fourth-order valence-electron chi connectivity index (χ4n) is 4.73. The molecule has 174 valence electrons. The van der Waals surface area contributed by atoms with E-state index in [9.17, 15) is 13.2 Å². The lowest BCUT2D eigenvalue weighted by molar-refractivity contribution is -0.121. The molecule has 0 aromatic heterocycles. The summed E-state index contributed by atoms with van der Waals surface area (Å²) in [7, 11) is -3.66. The molecule has 0 radical (unpaired) electrons. The van der Waals surface area contributed by atoms with E-state index in [1.165, 1.54) is 4.31 Å².